The van der Waals surface area contributed by atoms with Crippen molar-refractivity contribution in [3.05, 3.63) is 96.0 Å². The summed E-state index contributed by atoms with van der Waals surface area (Å²) in [5.74, 6) is 1.24. The van der Waals surface area contributed by atoms with Gasteiger partial charge in [-0.3, -0.25) is 4.90 Å². The quantitative estimate of drug-likeness (QED) is 0.479. The number of anilines is 1. The minimum atomic E-state index is -0.258. The Balaban J connectivity index is 1.43. The number of furan rings is 1. The number of tetrazole rings is 1. The number of halogens is 1. The third kappa shape index (κ3) is 4.20. The Morgan fingerprint density at radius 2 is 1.68 bits per heavy atom. The molecule has 3 heterocycles. The van der Waals surface area contributed by atoms with E-state index in [1.165, 1.54) is 17.8 Å². The van der Waals surface area contributed by atoms with Gasteiger partial charge in [0.25, 0.3) is 0 Å². The molecule has 2 aromatic carbocycles. The monoisotopic (exact) mass is 418 g/mol. The van der Waals surface area contributed by atoms with Crippen molar-refractivity contribution in [2.75, 3.05) is 31.1 Å². The van der Waals surface area contributed by atoms with Gasteiger partial charge in [0.2, 0.25) is 0 Å². The molecule has 0 spiro atoms. The summed E-state index contributed by atoms with van der Waals surface area (Å²) in [5.41, 5.74) is 2.19. The van der Waals surface area contributed by atoms with E-state index in [-0.39, 0.29) is 11.9 Å². The molecule has 1 aliphatic heterocycles. The van der Waals surface area contributed by atoms with Crippen molar-refractivity contribution >= 4 is 5.69 Å². The number of nitrogens with zero attached hydrogens (tertiary/aromatic N) is 6. The minimum Gasteiger partial charge on any atom is -0.467 e. The van der Waals surface area contributed by atoms with Crippen molar-refractivity contribution in [1.82, 2.24) is 25.1 Å². The first-order valence-corrected chi connectivity index (χ1v) is 10.4. The van der Waals surface area contributed by atoms with E-state index < -0.39 is 0 Å². The Labute approximate surface area is 179 Å². The van der Waals surface area contributed by atoms with Gasteiger partial charge >= 0.3 is 0 Å². The van der Waals surface area contributed by atoms with Crippen LogP contribution in [0, 0.1) is 5.82 Å². The highest BCUT2D eigenvalue weighted by Crippen LogP contribution is 2.29. The van der Waals surface area contributed by atoms with Crippen LogP contribution in [-0.4, -0.2) is 51.3 Å². The van der Waals surface area contributed by atoms with E-state index >= 15 is 0 Å². The topological polar surface area (TPSA) is 63.2 Å². The minimum absolute atomic E-state index is 0.177. The Morgan fingerprint density at radius 1 is 0.903 bits per heavy atom. The molecule has 31 heavy (non-hydrogen) atoms. The van der Waals surface area contributed by atoms with Crippen molar-refractivity contribution < 1.29 is 8.81 Å². The molecule has 1 saturated heterocycles. The van der Waals surface area contributed by atoms with Crippen LogP contribution in [0.3, 0.4) is 0 Å². The van der Waals surface area contributed by atoms with Crippen LogP contribution in [0.1, 0.15) is 23.2 Å². The summed E-state index contributed by atoms with van der Waals surface area (Å²) in [7, 11) is 0. The van der Waals surface area contributed by atoms with E-state index in [1.54, 1.807) is 10.9 Å². The fourth-order valence-electron chi connectivity index (χ4n) is 4.12. The van der Waals surface area contributed by atoms with Gasteiger partial charge in [-0.1, -0.05) is 30.3 Å². The first kappa shape index (κ1) is 19.4. The molecule has 2 aromatic heterocycles. The molecule has 5 rings (SSSR count). The summed E-state index contributed by atoms with van der Waals surface area (Å²) in [4.78, 5) is 4.74. The van der Waals surface area contributed by atoms with E-state index in [4.69, 9.17) is 4.42 Å². The van der Waals surface area contributed by atoms with Crippen LogP contribution >= 0.6 is 0 Å². The van der Waals surface area contributed by atoms with Gasteiger partial charge in [-0.25, -0.2) is 9.07 Å². The van der Waals surface area contributed by atoms with E-state index in [2.05, 4.69) is 49.6 Å². The molecule has 0 radical (unpaired) electrons. The Morgan fingerprint density at radius 3 is 2.39 bits per heavy atom. The lowest BCUT2D eigenvalue weighted by molar-refractivity contribution is 0.200. The summed E-state index contributed by atoms with van der Waals surface area (Å²) >= 11 is 0. The molecule has 1 aliphatic rings. The fraction of sp³-hybridized carbons (Fsp3) is 0.261. The molecule has 158 valence electrons. The predicted molar refractivity (Wildman–Crippen MR) is 114 cm³/mol. The predicted octanol–water partition coefficient (Wildman–Crippen LogP) is 3.37. The number of para-hydroxylation sites is 1. The fourth-order valence-corrected chi connectivity index (χ4v) is 4.12. The average molecular weight is 418 g/mol. The van der Waals surface area contributed by atoms with Crippen LogP contribution in [0.4, 0.5) is 10.1 Å². The number of hydrogen-bond acceptors (Lipinski definition) is 6. The molecule has 8 heteroatoms. The summed E-state index contributed by atoms with van der Waals surface area (Å²) in [6, 6.07) is 20.6. The van der Waals surface area contributed by atoms with Gasteiger partial charge in [0.1, 0.15) is 18.1 Å². The number of hydrogen-bond donors (Lipinski definition) is 0. The summed E-state index contributed by atoms with van der Waals surface area (Å²) in [6.07, 6.45) is 1.64. The third-order valence-corrected chi connectivity index (χ3v) is 5.68. The van der Waals surface area contributed by atoms with Gasteiger partial charge in [-0.15, -0.1) is 5.10 Å². The molecule has 7 nitrogen and oxygen atoms in total. The van der Waals surface area contributed by atoms with Gasteiger partial charge in [-0.2, -0.15) is 0 Å². The van der Waals surface area contributed by atoms with Crippen molar-refractivity contribution in [2.24, 2.45) is 0 Å². The third-order valence-electron chi connectivity index (χ3n) is 5.68. The number of rotatable bonds is 6. The molecule has 4 aromatic rings. The van der Waals surface area contributed by atoms with Gasteiger partial charge in [-0.05, 0) is 52.4 Å². The average Bonchev–Trinajstić information content (AvgIpc) is 3.49. The zero-order chi connectivity index (χ0) is 21.0. The van der Waals surface area contributed by atoms with Crippen molar-refractivity contribution in [3.8, 4) is 0 Å². The molecule has 0 bridgehead atoms. The summed E-state index contributed by atoms with van der Waals surface area (Å²) in [6.45, 7) is 3.90. The van der Waals surface area contributed by atoms with E-state index in [9.17, 15) is 4.39 Å². The second-order valence-electron chi connectivity index (χ2n) is 7.59. The lowest BCUT2D eigenvalue weighted by Crippen LogP contribution is -2.48. The molecular weight excluding hydrogens is 395 g/mol. The molecule has 0 saturated carbocycles. The lowest BCUT2D eigenvalue weighted by Gasteiger charge is -2.39. The van der Waals surface area contributed by atoms with Gasteiger partial charge in [0, 0.05) is 31.9 Å². The molecule has 1 fully saturated rings. The van der Waals surface area contributed by atoms with Gasteiger partial charge in [0.15, 0.2) is 5.82 Å². The van der Waals surface area contributed by atoms with E-state index in [1.807, 2.05) is 30.3 Å². The zero-order valence-electron chi connectivity index (χ0n) is 17.0. The Kier molecular flexibility index (Phi) is 5.45. The van der Waals surface area contributed by atoms with Crippen LogP contribution in [0.5, 0.6) is 0 Å². The van der Waals surface area contributed by atoms with Crippen LogP contribution in [0.25, 0.3) is 0 Å². The second kappa shape index (κ2) is 8.69. The normalized spacial score (nSPS) is 15.8. The number of aromatic nitrogens is 4. The highest BCUT2D eigenvalue weighted by molar-refractivity contribution is 5.46. The number of piperazine rings is 1. The maximum absolute atomic E-state index is 13.6. The van der Waals surface area contributed by atoms with Crippen molar-refractivity contribution in [1.29, 1.82) is 0 Å². The summed E-state index contributed by atoms with van der Waals surface area (Å²) < 4.78 is 20.9. The number of benzene rings is 2. The second-order valence-corrected chi connectivity index (χ2v) is 7.59. The van der Waals surface area contributed by atoms with Crippen LogP contribution < -0.4 is 4.90 Å². The smallest absolute Gasteiger partial charge is 0.173 e. The molecule has 1 unspecified atom stereocenters. The molecule has 0 amide bonds. The van der Waals surface area contributed by atoms with Crippen LogP contribution in [0.2, 0.25) is 0 Å². The molecule has 0 aliphatic carbocycles. The zero-order valence-corrected chi connectivity index (χ0v) is 17.0. The largest absolute Gasteiger partial charge is 0.467 e. The van der Waals surface area contributed by atoms with Crippen molar-refractivity contribution in [2.45, 2.75) is 12.6 Å². The van der Waals surface area contributed by atoms with Gasteiger partial charge < -0.3 is 9.32 Å². The lowest BCUT2D eigenvalue weighted by atomic mass is 10.0. The standard InChI is InChI=1S/C23H23FN6O/c24-19-10-8-18(9-11-19)22(23-25-26-27-30(23)17-21-7-4-16-31-21)29-14-12-28(13-15-29)20-5-2-1-3-6-20/h1-11,16,22H,12-15,17H2. The first-order valence-electron chi connectivity index (χ1n) is 10.4. The van der Waals surface area contributed by atoms with E-state index in [0.29, 0.717) is 6.54 Å². The molecule has 0 N–H and O–H groups in total. The molecule has 1 atom stereocenters. The Hall–Kier alpha value is -3.52. The maximum Gasteiger partial charge on any atom is 0.173 e. The van der Waals surface area contributed by atoms with E-state index in [0.717, 1.165) is 43.3 Å². The Bertz CT molecular complexity index is 1090. The maximum atomic E-state index is 13.6. The van der Waals surface area contributed by atoms with Crippen LogP contribution in [0.15, 0.2) is 77.4 Å². The highest BCUT2D eigenvalue weighted by atomic mass is 19.1. The van der Waals surface area contributed by atoms with Gasteiger partial charge in [0.05, 0.1) is 12.3 Å². The SMILES string of the molecule is Fc1ccc(C(c2nnnn2Cc2ccco2)N2CCN(c3ccccc3)CC2)cc1. The van der Waals surface area contributed by atoms with Crippen molar-refractivity contribution in [3.63, 3.8) is 0 Å². The molecular formula is C23H23FN6O. The highest BCUT2D eigenvalue weighted by Gasteiger charge is 2.31. The van der Waals surface area contributed by atoms with Crippen LogP contribution in [-0.2, 0) is 6.54 Å². The summed E-state index contributed by atoms with van der Waals surface area (Å²) in [5, 5.41) is 12.5. The first-order chi connectivity index (χ1) is 15.3.